The van der Waals surface area contributed by atoms with Crippen molar-refractivity contribution in [1.82, 2.24) is 0 Å². The van der Waals surface area contributed by atoms with Gasteiger partial charge < -0.3 is 14.2 Å². The average molecular weight is 1060 g/mol. The van der Waals surface area contributed by atoms with Crippen molar-refractivity contribution in [1.29, 1.82) is 0 Å². The summed E-state index contributed by atoms with van der Waals surface area (Å²) in [4.78, 5) is 38.2. The summed E-state index contributed by atoms with van der Waals surface area (Å²) in [6, 6.07) is 0. The summed E-state index contributed by atoms with van der Waals surface area (Å²) in [6.45, 7) is 6.35. The molecule has 0 aromatic rings. The lowest BCUT2D eigenvalue weighted by molar-refractivity contribution is -0.167. The Morgan fingerprint density at radius 2 is 0.513 bits per heavy atom. The molecule has 0 spiro atoms. The molecule has 0 fully saturated rings. The Labute approximate surface area is 470 Å². The number of carbonyl (C=O) groups excluding carboxylic acids is 3. The minimum absolute atomic E-state index is 0.0918. The molecule has 0 heterocycles. The predicted octanol–water partition coefficient (Wildman–Crippen LogP) is 21.8. The van der Waals surface area contributed by atoms with E-state index in [1.165, 1.54) is 122 Å². The Bertz CT molecular complexity index is 1540. The van der Waals surface area contributed by atoms with Crippen molar-refractivity contribution in [2.45, 2.75) is 303 Å². The minimum Gasteiger partial charge on any atom is -0.462 e. The molecule has 0 rings (SSSR count). The van der Waals surface area contributed by atoms with E-state index in [0.717, 1.165) is 135 Å². The number of esters is 3. The van der Waals surface area contributed by atoms with Gasteiger partial charge in [-0.1, -0.05) is 271 Å². The fourth-order valence-electron chi connectivity index (χ4n) is 8.76. The maximum absolute atomic E-state index is 12.9. The number of rotatable bonds is 57. The summed E-state index contributed by atoms with van der Waals surface area (Å²) in [5.74, 6) is -0.930. The minimum atomic E-state index is -0.797. The van der Waals surface area contributed by atoms with Crippen LogP contribution in [0.3, 0.4) is 0 Å². The van der Waals surface area contributed by atoms with Crippen LogP contribution in [0.15, 0.2) is 109 Å². The van der Waals surface area contributed by atoms with Gasteiger partial charge in [0.2, 0.25) is 0 Å². The van der Waals surface area contributed by atoms with Crippen LogP contribution >= 0.6 is 0 Å². The molecule has 0 aliphatic carbocycles. The molecule has 0 radical (unpaired) electrons. The first-order valence-corrected chi connectivity index (χ1v) is 31.9. The zero-order chi connectivity index (χ0) is 55.0. The SMILES string of the molecule is CC/C=C\C/C=C\C/C=C\C/C=C\CCCCCCCCCCCCCCCCCCCCC(=O)OCC(COC(=O)CCCCC/C=C\C/C=C\C/C=C\CC)OC(=O)CCCCCCC/C=C\C/C=C\CCCC. The van der Waals surface area contributed by atoms with Crippen LogP contribution in [0.25, 0.3) is 0 Å². The van der Waals surface area contributed by atoms with Gasteiger partial charge in [0.1, 0.15) is 13.2 Å². The van der Waals surface area contributed by atoms with Gasteiger partial charge in [0.05, 0.1) is 0 Å². The van der Waals surface area contributed by atoms with Crippen LogP contribution < -0.4 is 0 Å². The first kappa shape index (κ1) is 72.1. The number of hydrogen-bond acceptors (Lipinski definition) is 6. The van der Waals surface area contributed by atoms with Gasteiger partial charge in [0.25, 0.3) is 0 Å². The molecule has 0 N–H and O–H groups in total. The maximum Gasteiger partial charge on any atom is 0.306 e. The lowest BCUT2D eigenvalue weighted by Crippen LogP contribution is -2.30. The zero-order valence-corrected chi connectivity index (χ0v) is 49.7. The Kier molecular flexibility index (Phi) is 60.3. The number of carbonyl (C=O) groups is 3. The maximum atomic E-state index is 12.9. The molecule has 6 heteroatoms. The van der Waals surface area contributed by atoms with E-state index in [9.17, 15) is 14.4 Å². The van der Waals surface area contributed by atoms with Crippen molar-refractivity contribution in [3.8, 4) is 0 Å². The van der Waals surface area contributed by atoms with E-state index in [4.69, 9.17) is 14.2 Å². The third kappa shape index (κ3) is 60.9. The van der Waals surface area contributed by atoms with E-state index < -0.39 is 6.10 Å². The van der Waals surface area contributed by atoms with E-state index in [0.29, 0.717) is 19.3 Å². The molecule has 0 aromatic heterocycles. The largest absolute Gasteiger partial charge is 0.462 e. The van der Waals surface area contributed by atoms with E-state index in [1.807, 2.05) is 0 Å². The molecule has 434 valence electrons. The van der Waals surface area contributed by atoms with Gasteiger partial charge in [-0.3, -0.25) is 14.4 Å². The van der Waals surface area contributed by atoms with Gasteiger partial charge in [-0.05, 0) is 116 Å². The molecule has 0 aromatic carbocycles. The van der Waals surface area contributed by atoms with Crippen molar-refractivity contribution in [3.05, 3.63) is 109 Å². The van der Waals surface area contributed by atoms with Crippen LogP contribution in [0.4, 0.5) is 0 Å². The monoisotopic (exact) mass is 1050 g/mol. The fraction of sp³-hybridized carbons (Fsp3) is 0.700. The molecule has 0 saturated carbocycles. The van der Waals surface area contributed by atoms with E-state index in [2.05, 4.69) is 130 Å². The van der Waals surface area contributed by atoms with Crippen LogP contribution in [0, 0.1) is 0 Å². The van der Waals surface area contributed by atoms with Crippen molar-refractivity contribution in [2.75, 3.05) is 13.2 Å². The fourth-order valence-corrected chi connectivity index (χ4v) is 8.76. The van der Waals surface area contributed by atoms with Gasteiger partial charge in [-0.2, -0.15) is 0 Å². The number of hydrogen-bond donors (Lipinski definition) is 0. The quantitative estimate of drug-likeness (QED) is 0.0261. The van der Waals surface area contributed by atoms with Crippen LogP contribution in [0.1, 0.15) is 297 Å². The average Bonchev–Trinajstić information content (AvgIpc) is 3.42. The Hall–Kier alpha value is -3.93. The third-order valence-corrected chi connectivity index (χ3v) is 13.5. The topological polar surface area (TPSA) is 78.9 Å². The Morgan fingerprint density at radius 1 is 0.276 bits per heavy atom. The van der Waals surface area contributed by atoms with Gasteiger partial charge in [0.15, 0.2) is 6.10 Å². The highest BCUT2D eigenvalue weighted by Crippen LogP contribution is 2.16. The second kappa shape index (κ2) is 63.6. The summed E-state index contributed by atoms with van der Waals surface area (Å²) in [7, 11) is 0. The van der Waals surface area contributed by atoms with Gasteiger partial charge >= 0.3 is 17.9 Å². The zero-order valence-electron chi connectivity index (χ0n) is 49.7. The molecule has 0 saturated heterocycles. The van der Waals surface area contributed by atoms with Crippen LogP contribution in [0.2, 0.25) is 0 Å². The van der Waals surface area contributed by atoms with E-state index in [-0.39, 0.29) is 31.1 Å². The summed E-state index contributed by atoms with van der Waals surface area (Å²) < 4.78 is 16.9. The molecule has 1 atom stereocenters. The highest BCUT2D eigenvalue weighted by atomic mass is 16.6. The molecular weight excluding hydrogens is 937 g/mol. The van der Waals surface area contributed by atoms with Gasteiger partial charge in [-0.15, -0.1) is 0 Å². The number of allylic oxidation sites excluding steroid dienone is 18. The first-order chi connectivity index (χ1) is 37.5. The molecule has 0 amide bonds. The van der Waals surface area contributed by atoms with Crippen LogP contribution in [0.5, 0.6) is 0 Å². The van der Waals surface area contributed by atoms with Gasteiger partial charge in [0, 0.05) is 19.3 Å². The first-order valence-electron chi connectivity index (χ1n) is 31.9. The second-order valence-corrected chi connectivity index (χ2v) is 20.9. The van der Waals surface area contributed by atoms with E-state index >= 15 is 0 Å². The molecule has 76 heavy (non-hydrogen) atoms. The van der Waals surface area contributed by atoms with Crippen LogP contribution in [-0.4, -0.2) is 37.2 Å². The Balaban J connectivity index is 4.18. The van der Waals surface area contributed by atoms with Crippen molar-refractivity contribution in [2.24, 2.45) is 0 Å². The smallest absolute Gasteiger partial charge is 0.306 e. The normalized spacial score (nSPS) is 12.8. The number of ether oxygens (including phenoxy) is 3. The standard InChI is InChI=1S/C70H118O6/c1-4-7-10-13-16-19-22-25-27-28-29-30-31-32-33-34-35-36-37-38-39-40-41-42-43-46-48-51-54-57-60-63-69(72)75-66-67(65-74-68(71)62-59-56-53-50-47-44-24-21-18-15-12-9-6-3)76-70(73)64-61-58-55-52-49-45-26-23-20-17-14-11-8-5-2/h7,9-10,12,14,16-19,21,23,25-27,29-30,44,47,67H,4-6,8,11,13,15,20,22,24,28,31-43,45-46,48-66H2,1-3H3/b10-7-,12-9-,17-14-,19-16-,21-18-,26-23-,27-25-,30-29-,47-44-. The van der Waals surface area contributed by atoms with Crippen molar-refractivity contribution >= 4 is 17.9 Å². The van der Waals surface area contributed by atoms with E-state index in [1.54, 1.807) is 0 Å². The lowest BCUT2D eigenvalue weighted by atomic mass is 10.0. The third-order valence-electron chi connectivity index (χ3n) is 13.5. The van der Waals surface area contributed by atoms with Gasteiger partial charge in [-0.25, -0.2) is 0 Å². The molecule has 1 unspecified atom stereocenters. The highest BCUT2D eigenvalue weighted by molar-refractivity contribution is 5.71. The number of unbranched alkanes of at least 4 members (excludes halogenated alkanes) is 28. The summed E-state index contributed by atoms with van der Waals surface area (Å²) >= 11 is 0. The summed E-state index contributed by atoms with van der Waals surface area (Å²) in [5, 5.41) is 0. The summed E-state index contributed by atoms with van der Waals surface area (Å²) in [5.41, 5.74) is 0. The molecule has 0 aliphatic heterocycles. The summed E-state index contributed by atoms with van der Waals surface area (Å²) in [6.07, 6.45) is 86.9. The molecule has 6 nitrogen and oxygen atoms in total. The Morgan fingerprint density at radius 3 is 0.816 bits per heavy atom. The molecule has 0 aliphatic rings. The van der Waals surface area contributed by atoms with Crippen LogP contribution in [-0.2, 0) is 28.6 Å². The highest BCUT2D eigenvalue weighted by Gasteiger charge is 2.19. The molecule has 0 bridgehead atoms. The molecular formula is C70H118O6. The second-order valence-electron chi connectivity index (χ2n) is 20.9. The lowest BCUT2D eigenvalue weighted by Gasteiger charge is -2.18. The van der Waals surface area contributed by atoms with Crippen molar-refractivity contribution in [3.63, 3.8) is 0 Å². The van der Waals surface area contributed by atoms with Crippen molar-refractivity contribution < 1.29 is 28.6 Å². The predicted molar refractivity (Wildman–Crippen MR) is 330 cm³/mol.